The van der Waals surface area contributed by atoms with Gasteiger partial charge in [0.05, 0.1) is 5.69 Å². The van der Waals surface area contributed by atoms with Crippen LogP contribution in [0, 0.1) is 0 Å². The maximum atomic E-state index is 5.96. The van der Waals surface area contributed by atoms with E-state index in [0.29, 0.717) is 11.8 Å². The van der Waals surface area contributed by atoms with Crippen LogP contribution in [0.25, 0.3) is 0 Å². The fourth-order valence-electron chi connectivity index (χ4n) is 1.72. The van der Waals surface area contributed by atoms with Crippen molar-refractivity contribution in [3.8, 4) is 0 Å². The van der Waals surface area contributed by atoms with Crippen molar-refractivity contribution >= 4 is 27.9 Å². The van der Waals surface area contributed by atoms with Crippen LogP contribution in [0.3, 0.4) is 0 Å². The Labute approximate surface area is 89.3 Å². The second kappa shape index (κ2) is 3.66. The van der Waals surface area contributed by atoms with Gasteiger partial charge in [0.15, 0.2) is 0 Å². The van der Waals surface area contributed by atoms with Crippen molar-refractivity contribution in [1.29, 1.82) is 0 Å². The van der Waals surface area contributed by atoms with Crippen LogP contribution >= 0.6 is 9.24 Å². The molecule has 1 fully saturated rings. The molecule has 0 amide bonds. The van der Waals surface area contributed by atoms with Crippen molar-refractivity contribution in [2.24, 2.45) is 0 Å². The summed E-state index contributed by atoms with van der Waals surface area (Å²) >= 11 is 0. The molecule has 2 rings (SSSR count). The maximum absolute atomic E-state index is 5.96. The lowest BCUT2D eigenvalue weighted by molar-refractivity contribution is 0.816. The van der Waals surface area contributed by atoms with Crippen LogP contribution in [-0.4, -0.2) is 12.8 Å². The molecule has 1 saturated carbocycles. The van der Waals surface area contributed by atoms with Gasteiger partial charge in [-0.1, -0.05) is 25.4 Å². The van der Waals surface area contributed by atoms with E-state index in [1.165, 1.54) is 18.5 Å². The van der Waals surface area contributed by atoms with Crippen molar-refractivity contribution < 1.29 is 0 Å². The van der Waals surface area contributed by atoms with Crippen molar-refractivity contribution in [2.75, 3.05) is 0 Å². The number of hydrogen-bond acceptors (Lipinski definition) is 1. The lowest BCUT2D eigenvalue weighted by Gasteiger charge is -2.13. The molecule has 0 bridgehead atoms. The molecule has 0 aromatic carbocycles. The first kappa shape index (κ1) is 10.2. The van der Waals surface area contributed by atoms with Gasteiger partial charge in [-0.25, -0.2) is 0 Å². The topological polar surface area (TPSA) is 12.9 Å². The first-order valence-corrected chi connectivity index (χ1v) is 5.73. The molecule has 72 valence electrons. The SMILES string of the molecule is [B]c1cc(P)c(C(C)C)nc1C1CC1. The molecule has 0 aliphatic heterocycles. The molecule has 2 radical (unpaired) electrons. The van der Waals surface area contributed by atoms with Crippen molar-refractivity contribution in [2.45, 2.75) is 38.5 Å². The minimum Gasteiger partial charge on any atom is -0.257 e. The highest BCUT2D eigenvalue weighted by Crippen LogP contribution is 2.38. The van der Waals surface area contributed by atoms with E-state index in [1.54, 1.807) is 0 Å². The summed E-state index contributed by atoms with van der Waals surface area (Å²) in [6, 6.07) is 2.04. The van der Waals surface area contributed by atoms with Gasteiger partial charge in [0, 0.05) is 11.6 Å². The third-order valence-electron chi connectivity index (χ3n) is 2.65. The van der Waals surface area contributed by atoms with Crippen LogP contribution in [0.15, 0.2) is 6.07 Å². The van der Waals surface area contributed by atoms with E-state index >= 15 is 0 Å². The Kier molecular flexibility index (Phi) is 2.66. The minimum absolute atomic E-state index is 0.473. The molecule has 1 heterocycles. The molecule has 0 saturated heterocycles. The van der Waals surface area contributed by atoms with E-state index in [4.69, 9.17) is 7.85 Å². The average molecular weight is 203 g/mol. The monoisotopic (exact) mass is 203 g/mol. The van der Waals surface area contributed by atoms with Gasteiger partial charge in [-0.2, -0.15) is 0 Å². The van der Waals surface area contributed by atoms with Crippen LogP contribution < -0.4 is 10.8 Å². The molecule has 1 aromatic rings. The molecule has 1 unspecified atom stereocenters. The predicted molar refractivity (Wildman–Crippen MR) is 65.0 cm³/mol. The largest absolute Gasteiger partial charge is 0.257 e. The normalized spacial score (nSPS) is 16.3. The smallest absolute Gasteiger partial charge is 0.116 e. The average Bonchev–Trinajstić information content (AvgIpc) is 2.86. The Morgan fingerprint density at radius 2 is 2.14 bits per heavy atom. The van der Waals surface area contributed by atoms with Crippen molar-refractivity contribution in [3.63, 3.8) is 0 Å². The van der Waals surface area contributed by atoms with Crippen molar-refractivity contribution in [3.05, 3.63) is 17.5 Å². The van der Waals surface area contributed by atoms with E-state index in [-0.39, 0.29) is 0 Å². The summed E-state index contributed by atoms with van der Waals surface area (Å²) in [5, 5.41) is 1.14. The van der Waals surface area contributed by atoms with Crippen molar-refractivity contribution in [1.82, 2.24) is 4.98 Å². The zero-order valence-electron chi connectivity index (χ0n) is 8.75. The zero-order chi connectivity index (χ0) is 10.3. The van der Waals surface area contributed by atoms with Crippen LogP contribution in [0.5, 0.6) is 0 Å². The van der Waals surface area contributed by atoms with Crippen LogP contribution in [0.2, 0.25) is 0 Å². The summed E-state index contributed by atoms with van der Waals surface area (Å²) in [6.45, 7) is 4.34. The lowest BCUT2D eigenvalue weighted by Crippen LogP contribution is -2.21. The second-order valence-electron chi connectivity index (χ2n) is 4.37. The summed E-state index contributed by atoms with van der Waals surface area (Å²) in [5.74, 6) is 1.11. The van der Waals surface area contributed by atoms with E-state index < -0.39 is 0 Å². The molecule has 1 aliphatic carbocycles. The Morgan fingerprint density at radius 1 is 1.50 bits per heavy atom. The minimum atomic E-state index is 0.473. The Bertz CT molecular complexity index is 335. The molecule has 1 nitrogen and oxygen atoms in total. The standard InChI is InChI=1S/C11H15BNP/c1-6(2)10-9(14)5-8(12)11(13-10)7-3-4-7/h5-7H,3-4,14H2,1-2H3. The number of rotatable bonds is 2. The van der Waals surface area contributed by atoms with Gasteiger partial charge in [0.1, 0.15) is 7.85 Å². The molecule has 1 aliphatic rings. The highest BCUT2D eigenvalue weighted by atomic mass is 31.0. The van der Waals surface area contributed by atoms with E-state index in [2.05, 4.69) is 28.1 Å². The number of nitrogens with zero attached hydrogens (tertiary/aromatic N) is 1. The Hall–Kier alpha value is -0.355. The van der Waals surface area contributed by atoms with E-state index in [0.717, 1.165) is 16.5 Å². The number of aromatic nitrogens is 1. The summed E-state index contributed by atoms with van der Waals surface area (Å²) < 4.78 is 0. The highest BCUT2D eigenvalue weighted by Gasteiger charge is 2.27. The third kappa shape index (κ3) is 1.86. The molecule has 1 aromatic heterocycles. The van der Waals surface area contributed by atoms with Gasteiger partial charge in [0.25, 0.3) is 0 Å². The van der Waals surface area contributed by atoms with E-state index in [9.17, 15) is 0 Å². The molecule has 14 heavy (non-hydrogen) atoms. The first-order chi connectivity index (χ1) is 6.59. The molecule has 0 spiro atoms. The quantitative estimate of drug-likeness (QED) is 0.522. The Balaban J connectivity index is 2.45. The first-order valence-electron chi connectivity index (χ1n) is 5.15. The van der Waals surface area contributed by atoms with Gasteiger partial charge in [-0.3, -0.25) is 4.98 Å². The van der Waals surface area contributed by atoms with Gasteiger partial charge < -0.3 is 0 Å². The number of hydrogen-bond donors (Lipinski definition) is 0. The summed E-state index contributed by atoms with van der Waals surface area (Å²) in [5.41, 5.74) is 3.16. The molecule has 3 heteroatoms. The van der Waals surface area contributed by atoms with Gasteiger partial charge >= 0.3 is 0 Å². The molecule has 0 N–H and O–H groups in total. The van der Waals surface area contributed by atoms with Crippen LogP contribution in [-0.2, 0) is 0 Å². The third-order valence-corrected chi connectivity index (χ3v) is 3.12. The fraction of sp³-hybridized carbons (Fsp3) is 0.545. The van der Waals surface area contributed by atoms with Crippen LogP contribution in [0.1, 0.15) is 49.9 Å². The molecular weight excluding hydrogens is 188 g/mol. The fourth-order valence-corrected chi connectivity index (χ4v) is 2.30. The Morgan fingerprint density at radius 3 is 2.64 bits per heavy atom. The summed E-state index contributed by atoms with van der Waals surface area (Å²) in [4.78, 5) is 4.69. The zero-order valence-corrected chi connectivity index (χ0v) is 9.90. The summed E-state index contributed by atoms with van der Waals surface area (Å²) in [6.07, 6.45) is 2.51. The van der Waals surface area contributed by atoms with Gasteiger partial charge in [-0.05, 0) is 24.1 Å². The predicted octanol–water partition coefficient (Wildman–Crippen LogP) is 1.38. The van der Waals surface area contributed by atoms with E-state index in [1.807, 2.05) is 6.07 Å². The lowest BCUT2D eigenvalue weighted by atomic mass is 9.91. The number of pyridine rings is 1. The second-order valence-corrected chi connectivity index (χ2v) is 4.99. The summed E-state index contributed by atoms with van der Waals surface area (Å²) in [7, 11) is 8.68. The van der Waals surface area contributed by atoms with Gasteiger partial charge in [-0.15, -0.1) is 9.24 Å². The molecule has 1 atom stereocenters. The van der Waals surface area contributed by atoms with Gasteiger partial charge in [0.2, 0.25) is 0 Å². The van der Waals surface area contributed by atoms with Crippen LogP contribution in [0.4, 0.5) is 0 Å². The maximum Gasteiger partial charge on any atom is 0.116 e. The molecular formula is C11H15BNP. The highest BCUT2D eigenvalue weighted by molar-refractivity contribution is 7.27.